The van der Waals surface area contributed by atoms with Gasteiger partial charge in [0.25, 0.3) is 5.91 Å². The third-order valence-corrected chi connectivity index (χ3v) is 2.69. The maximum atomic E-state index is 12.0. The topological polar surface area (TPSA) is 46.4 Å². The van der Waals surface area contributed by atoms with Crippen molar-refractivity contribution in [2.24, 2.45) is 0 Å². The molecular weight excluding hydrogens is 226 g/mol. The number of pyridine rings is 1. The van der Waals surface area contributed by atoms with Gasteiger partial charge in [0, 0.05) is 11.8 Å². The molecule has 0 spiro atoms. The number of anilines is 1. The molecule has 0 aliphatic rings. The molecule has 2 heterocycles. The van der Waals surface area contributed by atoms with Crippen LogP contribution in [-0.4, -0.2) is 15.3 Å². The molecule has 4 heteroatoms. The summed E-state index contributed by atoms with van der Waals surface area (Å²) in [6.07, 6.45) is 3.51. The van der Waals surface area contributed by atoms with Gasteiger partial charge in [0.2, 0.25) is 0 Å². The molecule has 4 nitrogen and oxygen atoms in total. The zero-order valence-electron chi connectivity index (χ0n) is 9.58. The van der Waals surface area contributed by atoms with Gasteiger partial charge < -0.3 is 5.32 Å². The minimum atomic E-state index is -0.138. The Bertz CT molecular complexity index is 688. The van der Waals surface area contributed by atoms with E-state index in [0.717, 1.165) is 5.65 Å². The van der Waals surface area contributed by atoms with Crippen molar-refractivity contribution in [1.82, 2.24) is 9.38 Å². The third kappa shape index (κ3) is 1.84. The molecule has 1 amide bonds. The van der Waals surface area contributed by atoms with Crippen LogP contribution < -0.4 is 5.32 Å². The van der Waals surface area contributed by atoms with Crippen LogP contribution in [0.25, 0.3) is 5.65 Å². The first kappa shape index (κ1) is 10.5. The fraction of sp³-hybridized carbons (Fsp3) is 0. The van der Waals surface area contributed by atoms with E-state index in [0.29, 0.717) is 11.4 Å². The van der Waals surface area contributed by atoms with Gasteiger partial charge in [-0.15, -0.1) is 0 Å². The molecule has 0 unspecified atom stereocenters. The van der Waals surface area contributed by atoms with Crippen molar-refractivity contribution in [1.29, 1.82) is 0 Å². The van der Waals surface area contributed by atoms with Gasteiger partial charge in [0.05, 0.1) is 6.20 Å². The average Bonchev–Trinajstić information content (AvgIpc) is 2.83. The Hall–Kier alpha value is -2.62. The van der Waals surface area contributed by atoms with Gasteiger partial charge in [0.15, 0.2) is 0 Å². The van der Waals surface area contributed by atoms with Gasteiger partial charge in [-0.2, -0.15) is 0 Å². The van der Waals surface area contributed by atoms with Crippen molar-refractivity contribution in [2.45, 2.75) is 0 Å². The molecule has 0 atom stereocenters. The first-order valence-corrected chi connectivity index (χ1v) is 5.63. The second-order valence-corrected chi connectivity index (χ2v) is 3.89. The van der Waals surface area contributed by atoms with Crippen molar-refractivity contribution < 1.29 is 4.79 Å². The van der Waals surface area contributed by atoms with E-state index < -0.39 is 0 Å². The van der Waals surface area contributed by atoms with Crippen molar-refractivity contribution in [3.63, 3.8) is 0 Å². The van der Waals surface area contributed by atoms with Crippen molar-refractivity contribution >= 4 is 17.4 Å². The Morgan fingerprint density at radius 2 is 1.83 bits per heavy atom. The first-order chi connectivity index (χ1) is 8.84. The van der Waals surface area contributed by atoms with E-state index in [9.17, 15) is 4.79 Å². The molecule has 0 radical (unpaired) electrons. The number of amides is 1. The summed E-state index contributed by atoms with van der Waals surface area (Å²) in [5.74, 6) is 0.528. The van der Waals surface area contributed by atoms with E-state index in [2.05, 4.69) is 10.3 Å². The van der Waals surface area contributed by atoms with E-state index >= 15 is 0 Å². The second-order valence-electron chi connectivity index (χ2n) is 3.89. The number of carbonyl (C=O) groups is 1. The van der Waals surface area contributed by atoms with Crippen molar-refractivity contribution in [3.8, 4) is 0 Å². The fourth-order valence-electron chi connectivity index (χ4n) is 1.80. The number of nitrogens with one attached hydrogen (secondary N) is 1. The zero-order valence-corrected chi connectivity index (χ0v) is 9.58. The zero-order chi connectivity index (χ0) is 12.4. The molecule has 0 aliphatic heterocycles. The highest BCUT2D eigenvalue weighted by atomic mass is 16.1. The van der Waals surface area contributed by atoms with Crippen LogP contribution >= 0.6 is 0 Å². The van der Waals surface area contributed by atoms with Crippen molar-refractivity contribution in [2.75, 3.05) is 5.32 Å². The summed E-state index contributed by atoms with van der Waals surface area (Å²) in [6.45, 7) is 0. The summed E-state index contributed by atoms with van der Waals surface area (Å²) in [6, 6.07) is 14.8. The van der Waals surface area contributed by atoms with Gasteiger partial charge in [-0.1, -0.05) is 24.3 Å². The first-order valence-electron chi connectivity index (χ1n) is 5.63. The number of hydrogen-bond acceptors (Lipinski definition) is 2. The lowest BCUT2D eigenvalue weighted by Gasteiger charge is -2.04. The maximum absolute atomic E-state index is 12.0. The number of nitrogens with zero attached hydrogens (tertiary/aromatic N) is 2. The highest BCUT2D eigenvalue weighted by molar-refractivity contribution is 6.03. The fourth-order valence-corrected chi connectivity index (χ4v) is 1.80. The Morgan fingerprint density at radius 3 is 2.67 bits per heavy atom. The molecule has 3 rings (SSSR count). The van der Waals surface area contributed by atoms with Gasteiger partial charge in [-0.3, -0.25) is 9.20 Å². The van der Waals surface area contributed by atoms with E-state index in [1.54, 1.807) is 18.3 Å². The van der Waals surface area contributed by atoms with Crippen LogP contribution in [-0.2, 0) is 0 Å². The van der Waals surface area contributed by atoms with Crippen LogP contribution in [0.2, 0.25) is 0 Å². The van der Waals surface area contributed by atoms with Gasteiger partial charge in [0.1, 0.15) is 11.5 Å². The summed E-state index contributed by atoms with van der Waals surface area (Å²) >= 11 is 0. The predicted octanol–water partition coefficient (Wildman–Crippen LogP) is 2.59. The number of benzene rings is 1. The molecule has 2 aromatic heterocycles. The average molecular weight is 237 g/mol. The van der Waals surface area contributed by atoms with E-state index in [1.165, 1.54) is 0 Å². The number of rotatable bonds is 2. The summed E-state index contributed by atoms with van der Waals surface area (Å²) in [4.78, 5) is 16.2. The minimum absolute atomic E-state index is 0.138. The number of imidazole rings is 1. The van der Waals surface area contributed by atoms with Gasteiger partial charge in [-0.05, 0) is 24.3 Å². The van der Waals surface area contributed by atoms with E-state index in [1.807, 2.05) is 47.0 Å². The summed E-state index contributed by atoms with van der Waals surface area (Å²) < 4.78 is 1.83. The SMILES string of the molecule is O=C(Nc1cnc2ccccn12)c1ccccc1. The predicted molar refractivity (Wildman–Crippen MR) is 69.6 cm³/mol. The van der Waals surface area contributed by atoms with Crippen LogP contribution in [0.3, 0.4) is 0 Å². The number of carbonyl (C=O) groups excluding carboxylic acids is 1. The highest BCUT2D eigenvalue weighted by Crippen LogP contribution is 2.12. The number of hydrogen-bond donors (Lipinski definition) is 1. The largest absolute Gasteiger partial charge is 0.306 e. The lowest BCUT2D eigenvalue weighted by Crippen LogP contribution is -2.12. The van der Waals surface area contributed by atoms with Crippen molar-refractivity contribution in [3.05, 3.63) is 66.5 Å². The summed E-state index contributed by atoms with van der Waals surface area (Å²) in [7, 11) is 0. The second kappa shape index (κ2) is 4.33. The molecule has 3 aromatic rings. The van der Waals surface area contributed by atoms with E-state index in [4.69, 9.17) is 0 Å². The Balaban J connectivity index is 1.91. The maximum Gasteiger partial charge on any atom is 0.256 e. The normalized spacial score (nSPS) is 10.4. The Labute approximate surface area is 104 Å². The smallest absolute Gasteiger partial charge is 0.256 e. The molecule has 0 aliphatic carbocycles. The van der Waals surface area contributed by atoms with Crippen LogP contribution in [0.1, 0.15) is 10.4 Å². The third-order valence-electron chi connectivity index (χ3n) is 2.69. The number of aromatic nitrogens is 2. The molecule has 18 heavy (non-hydrogen) atoms. The lowest BCUT2D eigenvalue weighted by atomic mass is 10.2. The monoisotopic (exact) mass is 237 g/mol. The Kier molecular flexibility index (Phi) is 2.53. The van der Waals surface area contributed by atoms with E-state index in [-0.39, 0.29) is 5.91 Å². The summed E-state index contributed by atoms with van der Waals surface area (Å²) in [5.41, 5.74) is 1.43. The quantitative estimate of drug-likeness (QED) is 0.744. The molecule has 0 saturated carbocycles. The van der Waals surface area contributed by atoms with Crippen LogP contribution in [0, 0.1) is 0 Å². The lowest BCUT2D eigenvalue weighted by molar-refractivity contribution is 0.102. The standard InChI is InChI=1S/C14H11N3O/c18-14(11-6-2-1-3-7-11)16-13-10-15-12-8-4-5-9-17(12)13/h1-10H,(H,16,18). The molecule has 0 bridgehead atoms. The van der Waals surface area contributed by atoms with Gasteiger partial charge in [-0.25, -0.2) is 4.98 Å². The summed E-state index contributed by atoms with van der Waals surface area (Å²) in [5, 5.41) is 2.84. The minimum Gasteiger partial charge on any atom is -0.306 e. The Morgan fingerprint density at radius 1 is 1.06 bits per heavy atom. The molecule has 88 valence electrons. The molecular formula is C14H11N3O. The van der Waals surface area contributed by atoms with Crippen LogP contribution in [0.15, 0.2) is 60.9 Å². The molecule has 1 aromatic carbocycles. The van der Waals surface area contributed by atoms with Crippen LogP contribution in [0.5, 0.6) is 0 Å². The molecule has 1 N–H and O–H groups in total. The molecule has 0 saturated heterocycles. The molecule has 0 fully saturated rings. The number of fused-ring (bicyclic) bond motifs is 1. The van der Waals surface area contributed by atoms with Gasteiger partial charge >= 0.3 is 0 Å². The van der Waals surface area contributed by atoms with Crippen LogP contribution in [0.4, 0.5) is 5.82 Å². The highest BCUT2D eigenvalue weighted by Gasteiger charge is 2.08.